The van der Waals surface area contributed by atoms with Crippen molar-refractivity contribution in [1.29, 1.82) is 0 Å². The molecule has 0 atom stereocenters. The van der Waals surface area contributed by atoms with Crippen LogP contribution in [0, 0.1) is 0 Å². The van der Waals surface area contributed by atoms with Crippen LogP contribution in [0.4, 0.5) is 5.69 Å². The lowest BCUT2D eigenvalue weighted by atomic mass is 9.84. The van der Waals surface area contributed by atoms with E-state index in [0.717, 1.165) is 44.8 Å². The SMILES string of the molecule is CC1=CC(C)(C)Nc2ccc(-c3ccccc3COc3ccccc3)c(COC(=O)c3ccccc3)c21. The van der Waals surface area contributed by atoms with E-state index < -0.39 is 0 Å². The number of rotatable bonds is 7. The van der Waals surface area contributed by atoms with Gasteiger partial charge >= 0.3 is 5.97 Å². The smallest absolute Gasteiger partial charge is 0.338 e. The molecule has 186 valence electrons. The summed E-state index contributed by atoms with van der Waals surface area (Å²) in [4.78, 5) is 12.9. The molecule has 1 N–H and O–H groups in total. The molecule has 5 rings (SSSR count). The van der Waals surface area contributed by atoms with E-state index in [4.69, 9.17) is 9.47 Å². The van der Waals surface area contributed by atoms with Crippen LogP contribution < -0.4 is 10.1 Å². The topological polar surface area (TPSA) is 47.6 Å². The molecule has 0 aromatic heterocycles. The fraction of sp³-hybridized carbons (Fsp3) is 0.182. The number of ether oxygens (including phenoxy) is 2. The predicted molar refractivity (Wildman–Crippen MR) is 150 cm³/mol. The highest BCUT2D eigenvalue weighted by molar-refractivity contribution is 5.90. The van der Waals surface area contributed by atoms with E-state index in [-0.39, 0.29) is 18.1 Å². The van der Waals surface area contributed by atoms with Crippen molar-refractivity contribution in [2.75, 3.05) is 5.32 Å². The van der Waals surface area contributed by atoms with E-state index in [9.17, 15) is 4.79 Å². The Hall–Kier alpha value is -4.31. The van der Waals surface area contributed by atoms with Gasteiger partial charge in [-0.2, -0.15) is 0 Å². The summed E-state index contributed by atoms with van der Waals surface area (Å²) >= 11 is 0. The fourth-order valence-corrected chi connectivity index (χ4v) is 4.98. The summed E-state index contributed by atoms with van der Waals surface area (Å²) in [7, 11) is 0. The Morgan fingerprint density at radius 1 is 0.784 bits per heavy atom. The minimum Gasteiger partial charge on any atom is -0.489 e. The van der Waals surface area contributed by atoms with Crippen LogP contribution in [0.25, 0.3) is 16.7 Å². The van der Waals surface area contributed by atoms with E-state index in [1.165, 1.54) is 0 Å². The molecule has 0 saturated carbocycles. The third kappa shape index (κ3) is 5.44. The van der Waals surface area contributed by atoms with Crippen LogP contribution in [0.3, 0.4) is 0 Å². The fourth-order valence-electron chi connectivity index (χ4n) is 4.98. The van der Waals surface area contributed by atoms with Crippen molar-refractivity contribution in [1.82, 2.24) is 0 Å². The molecule has 1 aliphatic heterocycles. The summed E-state index contributed by atoms with van der Waals surface area (Å²) in [6, 6.07) is 31.4. The van der Waals surface area contributed by atoms with Crippen molar-refractivity contribution in [3.05, 3.63) is 125 Å². The molecule has 0 unspecified atom stereocenters. The van der Waals surface area contributed by atoms with Gasteiger partial charge in [-0.15, -0.1) is 0 Å². The van der Waals surface area contributed by atoms with Crippen LogP contribution in [0.5, 0.6) is 5.75 Å². The first-order valence-electron chi connectivity index (χ1n) is 12.5. The number of esters is 1. The highest BCUT2D eigenvalue weighted by Crippen LogP contribution is 2.41. The number of carbonyl (C=O) groups excluding carboxylic acids is 1. The number of fused-ring (bicyclic) bond motifs is 1. The van der Waals surface area contributed by atoms with Crippen molar-refractivity contribution >= 4 is 17.2 Å². The Kier molecular flexibility index (Phi) is 6.82. The second-order valence-electron chi connectivity index (χ2n) is 9.89. The lowest BCUT2D eigenvalue weighted by molar-refractivity contribution is 0.0473. The number of hydrogen-bond donors (Lipinski definition) is 1. The normalized spacial score (nSPS) is 13.6. The van der Waals surface area contributed by atoms with Gasteiger partial charge in [0.2, 0.25) is 0 Å². The second kappa shape index (κ2) is 10.4. The number of nitrogens with one attached hydrogen (secondary N) is 1. The monoisotopic (exact) mass is 489 g/mol. The van der Waals surface area contributed by atoms with Gasteiger partial charge in [-0.05, 0) is 73.4 Å². The third-order valence-electron chi connectivity index (χ3n) is 6.54. The molecule has 4 aromatic rings. The van der Waals surface area contributed by atoms with Crippen molar-refractivity contribution in [3.8, 4) is 16.9 Å². The molecule has 0 radical (unpaired) electrons. The molecule has 0 aliphatic carbocycles. The van der Waals surface area contributed by atoms with E-state index in [0.29, 0.717) is 12.2 Å². The maximum absolute atomic E-state index is 12.9. The molecule has 37 heavy (non-hydrogen) atoms. The molecule has 4 nitrogen and oxygen atoms in total. The predicted octanol–water partition coefficient (Wildman–Crippen LogP) is 7.90. The average molecular weight is 490 g/mol. The first kappa shape index (κ1) is 24.4. The van der Waals surface area contributed by atoms with Gasteiger partial charge in [-0.3, -0.25) is 0 Å². The molecule has 0 spiro atoms. The number of carbonyl (C=O) groups is 1. The number of para-hydroxylation sites is 1. The van der Waals surface area contributed by atoms with Gasteiger partial charge in [0.25, 0.3) is 0 Å². The van der Waals surface area contributed by atoms with Gasteiger partial charge in [0, 0.05) is 16.8 Å². The first-order chi connectivity index (χ1) is 17.9. The van der Waals surface area contributed by atoms with E-state index >= 15 is 0 Å². The van der Waals surface area contributed by atoms with Crippen LogP contribution in [0.2, 0.25) is 0 Å². The molecule has 0 saturated heterocycles. The van der Waals surface area contributed by atoms with Crippen LogP contribution in [0.1, 0.15) is 47.8 Å². The summed E-state index contributed by atoms with van der Waals surface area (Å²) < 4.78 is 12.0. The highest BCUT2D eigenvalue weighted by atomic mass is 16.5. The zero-order chi connectivity index (χ0) is 25.8. The first-order valence-corrected chi connectivity index (χ1v) is 12.5. The number of allylic oxidation sites excluding steroid dienone is 1. The summed E-state index contributed by atoms with van der Waals surface area (Å²) in [6.45, 7) is 7.02. The molecule has 1 heterocycles. The Morgan fingerprint density at radius 2 is 1.46 bits per heavy atom. The Labute approximate surface area is 218 Å². The zero-order valence-electron chi connectivity index (χ0n) is 21.5. The van der Waals surface area contributed by atoms with Gasteiger partial charge in [0.15, 0.2) is 0 Å². The van der Waals surface area contributed by atoms with Crippen molar-refractivity contribution < 1.29 is 14.3 Å². The van der Waals surface area contributed by atoms with Crippen molar-refractivity contribution in [2.24, 2.45) is 0 Å². The molecule has 0 amide bonds. The average Bonchev–Trinajstić information content (AvgIpc) is 2.91. The maximum atomic E-state index is 12.9. The molecule has 4 heteroatoms. The van der Waals surface area contributed by atoms with Gasteiger partial charge in [-0.1, -0.05) is 72.8 Å². The molecule has 0 fully saturated rings. The molecular formula is C33H31NO3. The Morgan fingerprint density at radius 3 is 2.22 bits per heavy atom. The highest BCUT2D eigenvalue weighted by Gasteiger charge is 2.27. The van der Waals surface area contributed by atoms with Crippen molar-refractivity contribution in [2.45, 2.75) is 39.5 Å². The maximum Gasteiger partial charge on any atom is 0.338 e. The van der Waals surface area contributed by atoms with Gasteiger partial charge in [-0.25, -0.2) is 4.79 Å². The summed E-state index contributed by atoms with van der Waals surface area (Å²) in [6.07, 6.45) is 2.23. The lowest BCUT2D eigenvalue weighted by Gasteiger charge is -2.33. The Bertz CT molecular complexity index is 1440. The van der Waals surface area contributed by atoms with Crippen molar-refractivity contribution in [3.63, 3.8) is 0 Å². The zero-order valence-corrected chi connectivity index (χ0v) is 21.5. The van der Waals surface area contributed by atoms with E-state index in [1.807, 2.05) is 60.7 Å². The minimum atomic E-state index is -0.337. The number of benzene rings is 4. The van der Waals surface area contributed by atoms with Crippen LogP contribution in [-0.4, -0.2) is 11.5 Å². The van der Waals surface area contributed by atoms with Crippen LogP contribution >= 0.6 is 0 Å². The quantitative estimate of drug-likeness (QED) is 0.268. The lowest BCUT2D eigenvalue weighted by Crippen LogP contribution is -2.32. The standard InChI is InChI=1S/C33H31NO3/c1-23-20-33(2,3)34-30-19-18-28(29(31(23)30)22-37-32(35)24-12-6-4-7-13-24)27-17-11-10-14-25(27)21-36-26-15-8-5-9-16-26/h4-20,34H,21-22H2,1-3H3. The number of anilines is 1. The summed E-state index contributed by atoms with van der Waals surface area (Å²) in [5.74, 6) is 0.487. The van der Waals surface area contributed by atoms with Gasteiger partial charge < -0.3 is 14.8 Å². The molecule has 0 bridgehead atoms. The van der Waals surface area contributed by atoms with E-state index in [1.54, 1.807) is 12.1 Å². The largest absolute Gasteiger partial charge is 0.489 e. The summed E-state index contributed by atoms with van der Waals surface area (Å²) in [5.41, 5.74) is 7.78. The minimum absolute atomic E-state index is 0.160. The van der Waals surface area contributed by atoms with Gasteiger partial charge in [0.05, 0.1) is 11.1 Å². The summed E-state index contributed by atoms with van der Waals surface area (Å²) in [5, 5.41) is 3.62. The van der Waals surface area contributed by atoms with E-state index in [2.05, 4.69) is 56.4 Å². The molecule has 4 aromatic carbocycles. The van der Waals surface area contributed by atoms with Crippen LogP contribution in [-0.2, 0) is 18.0 Å². The molecule has 1 aliphatic rings. The second-order valence-corrected chi connectivity index (χ2v) is 9.89. The number of hydrogen-bond acceptors (Lipinski definition) is 4. The van der Waals surface area contributed by atoms with Crippen LogP contribution in [0.15, 0.2) is 103 Å². The van der Waals surface area contributed by atoms with Gasteiger partial charge in [0.1, 0.15) is 19.0 Å². The Balaban J connectivity index is 1.55. The molecular weight excluding hydrogens is 458 g/mol. The third-order valence-corrected chi connectivity index (χ3v) is 6.54.